The molecule has 5 heteroatoms. The highest BCUT2D eigenvalue weighted by atomic mass is 28.4. The van der Waals surface area contributed by atoms with Gasteiger partial charge in [-0.3, -0.25) is 0 Å². The van der Waals surface area contributed by atoms with Crippen LogP contribution in [-0.4, -0.2) is 25.9 Å². The van der Waals surface area contributed by atoms with Crippen molar-refractivity contribution in [3.05, 3.63) is 60.7 Å². The molecule has 0 saturated heterocycles. The summed E-state index contributed by atoms with van der Waals surface area (Å²) in [4.78, 5) is 0. The number of benzene rings is 2. The van der Waals surface area contributed by atoms with Gasteiger partial charge in [-0.2, -0.15) is 0 Å². The second kappa shape index (κ2) is 7.06. The van der Waals surface area contributed by atoms with Gasteiger partial charge in [-0.05, 0) is 43.1 Å². The minimum Gasteiger partial charge on any atom is -0.435 e. The van der Waals surface area contributed by atoms with E-state index in [-0.39, 0.29) is 0 Å². The van der Waals surface area contributed by atoms with Gasteiger partial charge < -0.3 is 8.23 Å². The quantitative estimate of drug-likeness (QED) is 0.748. The zero-order valence-corrected chi connectivity index (χ0v) is 17.3. The Hall–Kier alpha value is -0.989. The molecular weight excluding hydrogens is 320 g/mol. The number of hydrogen-bond acceptors (Lipinski definition) is 2. The minimum absolute atomic E-state index is 1.33. The topological polar surface area (TPSA) is 18.5 Å². The lowest BCUT2D eigenvalue weighted by Crippen LogP contribution is -2.54. The van der Waals surface area contributed by atoms with Crippen molar-refractivity contribution in [1.29, 1.82) is 0 Å². The van der Waals surface area contributed by atoms with Crippen molar-refractivity contribution >= 4 is 36.3 Å². The molecule has 0 spiro atoms. The molecule has 2 aromatic carbocycles. The minimum atomic E-state index is -1.88. The van der Waals surface area contributed by atoms with Crippen LogP contribution in [0.1, 0.15) is 0 Å². The molecule has 0 fully saturated rings. The van der Waals surface area contributed by atoms with Crippen molar-refractivity contribution in [2.45, 2.75) is 32.7 Å². The monoisotopic (exact) mass is 346 g/mol. The maximum atomic E-state index is 6.47. The SMILES string of the molecule is C[SiH](O[Si](C)(C)c1ccccc1)O[Si](C)(C)c1ccccc1. The maximum absolute atomic E-state index is 6.47. The van der Waals surface area contributed by atoms with Crippen LogP contribution in [0, 0.1) is 0 Å². The summed E-state index contributed by atoms with van der Waals surface area (Å²) in [5.41, 5.74) is 0. The van der Waals surface area contributed by atoms with Gasteiger partial charge in [0.1, 0.15) is 0 Å². The zero-order valence-electron chi connectivity index (χ0n) is 14.2. The first kappa shape index (κ1) is 17.4. The summed E-state index contributed by atoms with van der Waals surface area (Å²) < 4.78 is 12.9. The van der Waals surface area contributed by atoms with Crippen molar-refractivity contribution in [3.8, 4) is 0 Å². The second-order valence-corrected chi connectivity index (χ2v) is 16.8. The van der Waals surface area contributed by atoms with Gasteiger partial charge in [0, 0.05) is 0 Å². The van der Waals surface area contributed by atoms with E-state index in [0.29, 0.717) is 0 Å². The van der Waals surface area contributed by atoms with Crippen LogP contribution in [0.5, 0.6) is 0 Å². The van der Waals surface area contributed by atoms with Crippen LogP contribution in [0.25, 0.3) is 0 Å². The van der Waals surface area contributed by atoms with E-state index in [9.17, 15) is 0 Å². The van der Waals surface area contributed by atoms with E-state index in [4.69, 9.17) is 8.23 Å². The molecule has 0 unspecified atom stereocenters. The van der Waals surface area contributed by atoms with Crippen LogP contribution in [0.2, 0.25) is 32.7 Å². The maximum Gasteiger partial charge on any atom is 0.298 e. The normalized spacial score (nSPS) is 12.6. The highest BCUT2D eigenvalue weighted by Gasteiger charge is 2.33. The fourth-order valence-corrected chi connectivity index (χ4v) is 13.0. The van der Waals surface area contributed by atoms with Crippen LogP contribution in [-0.2, 0) is 8.23 Å². The number of rotatable bonds is 6. The Balaban J connectivity index is 2.05. The van der Waals surface area contributed by atoms with Crippen molar-refractivity contribution < 1.29 is 8.23 Å². The molecule has 0 amide bonds. The average Bonchev–Trinajstić information content (AvgIpc) is 2.48. The Bertz CT molecular complexity index is 532. The predicted octanol–water partition coefficient (Wildman–Crippen LogP) is 3.09. The fraction of sp³-hybridized carbons (Fsp3) is 0.294. The Kier molecular flexibility index (Phi) is 5.57. The molecule has 118 valence electrons. The smallest absolute Gasteiger partial charge is 0.298 e. The van der Waals surface area contributed by atoms with E-state index in [2.05, 4.69) is 93.4 Å². The molecule has 0 aliphatic carbocycles. The third-order valence-corrected chi connectivity index (χ3v) is 14.7. The number of hydrogen-bond donors (Lipinski definition) is 0. The van der Waals surface area contributed by atoms with Crippen molar-refractivity contribution in [2.24, 2.45) is 0 Å². The summed E-state index contributed by atoms with van der Waals surface area (Å²) in [6.07, 6.45) is 0. The van der Waals surface area contributed by atoms with E-state index in [0.717, 1.165) is 0 Å². The first-order valence-corrected chi connectivity index (χ1v) is 15.7. The molecule has 0 aromatic heterocycles. The summed E-state index contributed by atoms with van der Waals surface area (Å²) in [5, 5.41) is 2.66. The van der Waals surface area contributed by atoms with Gasteiger partial charge in [-0.25, -0.2) is 0 Å². The van der Waals surface area contributed by atoms with Crippen molar-refractivity contribution in [3.63, 3.8) is 0 Å². The third kappa shape index (κ3) is 4.50. The standard InChI is InChI=1S/C17H26O2Si3/c1-20(18-21(2,3)16-12-8-6-9-13-16)19-22(4,5)17-14-10-7-11-15-17/h6-15,20H,1-5H3. The van der Waals surface area contributed by atoms with E-state index in [1.807, 2.05) is 0 Å². The Morgan fingerprint density at radius 1 is 0.636 bits per heavy atom. The Morgan fingerprint density at radius 2 is 0.955 bits per heavy atom. The van der Waals surface area contributed by atoms with Crippen LogP contribution in [0.3, 0.4) is 0 Å². The molecule has 0 heterocycles. The molecule has 0 radical (unpaired) electrons. The average molecular weight is 347 g/mol. The van der Waals surface area contributed by atoms with E-state index in [1.165, 1.54) is 10.4 Å². The van der Waals surface area contributed by atoms with Gasteiger partial charge in [-0.15, -0.1) is 0 Å². The molecule has 0 aliphatic rings. The van der Waals surface area contributed by atoms with Gasteiger partial charge >= 0.3 is 0 Å². The van der Waals surface area contributed by atoms with Crippen LogP contribution in [0.15, 0.2) is 60.7 Å². The van der Waals surface area contributed by atoms with Gasteiger partial charge in [-0.1, -0.05) is 60.7 Å². The lowest BCUT2D eigenvalue weighted by molar-refractivity contribution is 0.434. The largest absolute Gasteiger partial charge is 0.435 e. The molecular formula is C17H26O2Si3. The lowest BCUT2D eigenvalue weighted by atomic mass is 10.4. The van der Waals surface area contributed by atoms with Crippen LogP contribution >= 0.6 is 0 Å². The van der Waals surface area contributed by atoms with Crippen molar-refractivity contribution in [2.75, 3.05) is 0 Å². The molecule has 2 nitrogen and oxygen atoms in total. The van der Waals surface area contributed by atoms with E-state index in [1.54, 1.807) is 0 Å². The summed E-state index contributed by atoms with van der Waals surface area (Å²) in [5.74, 6) is 0. The van der Waals surface area contributed by atoms with Gasteiger partial charge in [0.15, 0.2) is 0 Å². The molecule has 0 N–H and O–H groups in total. The molecule has 2 rings (SSSR count). The Labute approximate surface area is 138 Å². The summed E-state index contributed by atoms with van der Waals surface area (Å²) in [6.45, 7) is 11.2. The summed E-state index contributed by atoms with van der Waals surface area (Å²) >= 11 is 0. The van der Waals surface area contributed by atoms with Gasteiger partial charge in [0.2, 0.25) is 16.6 Å². The first-order chi connectivity index (χ1) is 10.3. The van der Waals surface area contributed by atoms with E-state index >= 15 is 0 Å². The molecule has 22 heavy (non-hydrogen) atoms. The third-order valence-electron chi connectivity index (χ3n) is 3.86. The van der Waals surface area contributed by atoms with Gasteiger partial charge in [0.25, 0.3) is 9.28 Å². The fourth-order valence-electron chi connectivity index (χ4n) is 2.67. The summed E-state index contributed by atoms with van der Waals surface area (Å²) in [6, 6.07) is 21.1. The van der Waals surface area contributed by atoms with E-state index < -0.39 is 25.9 Å². The predicted molar refractivity (Wildman–Crippen MR) is 102 cm³/mol. The molecule has 0 bridgehead atoms. The van der Waals surface area contributed by atoms with Crippen LogP contribution < -0.4 is 10.4 Å². The highest BCUT2D eigenvalue weighted by Crippen LogP contribution is 2.13. The Morgan fingerprint density at radius 3 is 1.27 bits per heavy atom. The molecule has 0 atom stereocenters. The molecule has 0 aliphatic heterocycles. The van der Waals surface area contributed by atoms with Gasteiger partial charge in [0.05, 0.1) is 0 Å². The highest BCUT2D eigenvalue weighted by molar-refractivity contribution is 6.92. The molecule has 0 saturated carbocycles. The lowest BCUT2D eigenvalue weighted by Gasteiger charge is -2.32. The molecule has 2 aromatic rings. The van der Waals surface area contributed by atoms with Crippen LogP contribution in [0.4, 0.5) is 0 Å². The first-order valence-electron chi connectivity index (χ1n) is 7.78. The second-order valence-electron chi connectivity index (χ2n) is 6.56. The van der Waals surface area contributed by atoms with Crippen molar-refractivity contribution in [1.82, 2.24) is 0 Å². The summed E-state index contributed by atoms with van der Waals surface area (Å²) in [7, 11) is -5.44. The zero-order chi connectivity index (χ0) is 16.2.